The van der Waals surface area contributed by atoms with Crippen molar-refractivity contribution in [2.75, 3.05) is 13.1 Å². The quantitative estimate of drug-likeness (QED) is 0.267. The van der Waals surface area contributed by atoms with Crippen LogP contribution >= 0.6 is 11.3 Å². The molecule has 40 heavy (non-hydrogen) atoms. The van der Waals surface area contributed by atoms with Gasteiger partial charge in [-0.05, 0) is 67.9 Å². The fraction of sp³-hybridized carbons (Fsp3) is 0.310. The summed E-state index contributed by atoms with van der Waals surface area (Å²) in [5.74, 6) is -0.561. The maximum Gasteiger partial charge on any atom is 0.355 e. The van der Waals surface area contributed by atoms with Gasteiger partial charge in [-0.25, -0.2) is 18.7 Å². The van der Waals surface area contributed by atoms with Crippen molar-refractivity contribution in [3.63, 3.8) is 0 Å². The van der Waals surface area contributed by atoms with Crippen LogP contribution in [-0.4, -0.2) is 58.5 Å². The monoisotopic (exact) mass is 576 g/mol. The molecular weight excluding hydrogens is 548 g/mol. The molecule has 1 unspecified atom stereocenters. The number of aromatic nitrogens is 3. The molecule has 2 N–H and O–H groups in total. The minimum Gasteiger partial charge on any atom is -0.476 e. The molecule has 1 saturated carbocycles. The topological polar surface area (TPSA) is 126 Å². The van der Waals surface area contributed by atoms with E-state index < -0.39 is 17.0 Å². The zero-order valence-corrected chi connectivity index (χ0v) is 23.3. The van der Waals surface area contributed by atoms with Crippen molar-refractivity contribution in [2.24, 2.45) is 5.92 Å². The van der Waals surface area contributed by atoms with Crippen LogP contribution in [-0.2, 0) is 23.9 Å². The molecule has 0 radical (unpaired) electrons. The summed E-state index contributed by atoms with van der Waals surface area (Å²) in [5.41, 5.74) is 4.99. The van der Waals surface area contributed by atoms with E-state index in [1.54, 1.807) is 16.8 Å². The van der Waals surface area contributed by atoms with E-state index in [0.717, 1.165) is 67.6 Å². The molecule has 9 nitrogen and oxygen atoms in total. The smallest absolute Gasteiger partial charge is 0.355 e. The van der Waals surface area contributed by atoms with Gasteiger partial charge in [0.1, 0.15) is 0 Å². The van der Waals surface area contributed by atoms with Crippen LogP contribution in [0, 0.1) is 5.92 Å². The Kier molecular flexibility index (Phi) is 7.35. The number of rotatable bonds is 9. The largest absolute Gasteiger partial charge is 0.476 e. The number of amides is 1. The summed E-state index contributed by atoms with van der Waals surface area (Å²) in [4.78, 5) is 31.3. The van der Waals surface area contributed by atoms with Crippen LogP contribution in [0.2, 0.25) is 0 Å². The number of hydrogen-bond acceptors (Lipinski definition) is 6. The second-order valence-electron chi connectivity index (χ2n) is 10.3. The third-order valence-electron chi connectivity index (χ3n) is 7.44. The minimum atomic E-state index is -2.06. The first-order valence-electron chi connectivity index (χ1n) is 13.3. The van der Waals surface area contributed by atoms with E-state index in [9.17, 15) is 23.5 Å². The van der Waals surface area contributed by atoms with Gasteiger partial charge < -0.3 is 14.6 Å². The van der Waals surface area contributed by atoms with E-state index in [1.807, 2.05) is 41.3 Å². The van der Waals surface area contributed by atoms with Crippen molar-refractivity contribution in [3.05, 3.63) is 82.0 Å². The Morgan fingerprint density at radius 2 is 1.82 bits per heavy atom. The van der Waals surface area contributed by atoms with E-state index in [4.69, 9.17) is 5.10 Å². The Hall–Kier alpha value is -3.67. The maximum atomic E-state index is 13.2. The highest BCUT2D eigenvalue weighted by molar-refractivity contribution is 7.79. The molecule has 2 aliphatic rings. The molecule has 6 rings (SSSR count). The summed E-state index contributed by atoms with van der Waals surface area (Å²) < 4.78 is 22.7. The molecule has 2 fully saturated rings. The molecule has 1 aliphatic heterocycles. The Morgan fingerprint density at radius 3 is 2.48 bits per heavy atom. The number of carboxylic acid groups (broad SMARTS) is 1. The second kappa shape index (κ2) is 11.1. The van der Waals surface area contributed by atoms with Gasteiger partial charge in [-0.2, -0.15) is 5.10 Å². The highest BCUT2D eigenvalue weighted by Gasteiger charge is 2.30. The van der Waals surface area contributed by atoms with Gasteiger partial charge in [-0.3, -0.25) is 4.79 Å². The number of likely N-dealkylation sites (tertiary alicyclic amines) is 1. The van der Waals surface area contributed by atoms with Crippen LogP contribution in [0.3, 0.4) is 0 Å². The first-order chi connectivity index (χ1) is 19.4. The number of nitrogens with zero attached hydrogens (tertiary/aromatic N) is 4. The van der Waals surface area contributed by atoms with Gasteiger partial charge in [0.15, 0.2) is 16.8 Å². The summed E-state index contributed by atoms with van der Waals surface area (Å²) in [6.07, 6.45) is 5.55. The van der Waals surface area contributed by atoms with Crippen LogP contribution < -0.4 is 0 Å². The van der Waals surface area contributed by atoms with Crippen LogP contribution in [0.25, 0.3) is 16.4 Å². The SMILES string of the molecule is O=C(O)c1csc(-n2nc(-c3cccc(C(=O)N4CCCC4)c3)c(Cc3ccc(S(=O)O)cc3)c2CC2CC2)n1. The summed E-state index contributed by atoms with van der Waals surface area (Å²) in [6.45, 7) is 1.53. The Morgan fingerprint density at radius 1 is 1.07 bits per heavy atom. The van der Waals surface area contributed by atoms with E-state index in [0.29, 0.717) is 33.6 Å². The lowest BCUT2D eigenvalue weighted by Crippen LogP contribution is -2.27. The van der Waals surface area contributed by atoms with Crippen molar-refractivity contribution < 1.29 is 23.5 Å². The number of carbonyl (C=O) groups excluding carboxylic acids is 1. The number of aromatic carboxylic acids is 1. The molecule has 1 saturated heterocycles. The van der Waals surface area contributed by atoms with Crippen molar-refractivity contribution in [1.29, 1.82) is 0 Å². The summed E-state index contributed by atoms with van der Waals surface area (Å²) >= 11 is -0.828. The van der Waals surface area contributed by atoms with Crippen molar-refractivity contribution in [1.82, 2.24) is 19.7 Å². The number of carboxylic acids is 1. The standard InChI is InChI=1S/C29H28N4O5S2/c34-27(32-12-1-2-13-32)21-5-3-4-20(16-21)26-23(14-18-8-10-22(11-9-18)40(37)38)25(15-19-6-7-19)33(31-26)29-30-24(17-39-29)28(35)36/h3-5,8-11,16-17,19H,1-2,6-7,12-15H2,(H,35,36)(H,37,38). The van der Waals surface area contributed by atoms with E-state index >= 15 is 0 Å². The van der Waals surface area contributed by atoms with Crippen molar-refractivity contribution >= 4 is 34.3 Å². The van der Waals surface area contributed by atoms with Crippen LogP contribution in [0.5, 0.6) is 0 Å². The second-order valence-corrected chi connectivity index (χ2v) is 12.1. The minimum absolute atomic E-state index is 0.0113. The molecule has 1 atom stereocenters. The number of carbonyl (C=O) groups is 2. The Labute approximate surface area is 237 Å². The van der Waals surface area contributed by atoms with Crippen molar-refractivity contribution in [3.8, 4) is 16.4 Å². The zero-order valence-electron chi connectivity index (χ0n) is 21.7. The molecule has 1 aliphatic carbocycles. The highest BCUT2D eigenvalue weighted by Crippen LogP contribution is 2.38. The highest BCUT2D eigenvalue weighted by atomic mass is 32.2. The summed E-state index contributed by atoms with van der Waals surface area (Å²) in [5, 5.41) is 16.5. The van der Waals surface area contributed by atoms with Gasteiger partial charge in [0.2, 0.25) is 5.13 Å². The average molecular weight is 577 g/mol. The third-order valence-corrected chi connectivity index (χ3v) is 8.93. The Balaban J connectivity index is 1.47. The summed E-state index contributed by atoms with van der Waals surface area (Å²) in [6, 6.07) is 14.5. The molecule has 0 spiro atoms. The van der Waals surface area contributed by atoms with E-state index in [-0.39, 0.29) is 11.6 Å². The first-order valence-corrected chi connectivity index (χ1v) is 15.3. The predicted molar refractivity (Wildman–Crippen MR) is 151 cm³/mol. The van der Waals surface area contributed by atoms with Gasteiger partial charge in [0.05, 0.1) is 16.3 Å². The number of benzene rings is 2. The van der Waals surface area contributed by atoms with Gasteiger partial charge in [-0.15, -0.1) is 11.3 Å². The van der Waals surface area contributed by atoms with Gasteiger partial charge >= 0.3 is 5.97 Å². The molecule has 2 aromatic carbocycles. The zero-order chi connectivity index (χ0) is 27.8. The fourth-order valence-corrected chi connectivity index (χ4v) is 6.30. The van der Waals surface area contributed by atoms with Crippen molar-refractivity contribution in [2.45, 2.75) is 43.4 Å². The number of hydrogen-bond donors (Lipinski definition) is 2. The molecular formula is C29H28N4O5S2. The fourth-order valence-electron chi connectivity index (χ4n) is 5.16. The van der Waals surface area contributed by atoms with Gasteiger partial charge in [0.25, 0.3) is 5.91 Å². The van der Waals surface area contributed by atoms with Gasteiger partial charge in [0, 0.05) is 41.6 Å². The predicted octanol–water partition coefficient (Wildman–Crippen LogP) is 5.05. The molecule has 206 valence electrons. The van der Waals surface area contributed by atoms with Gasteiger partial charge in [-0.1, -0.05) is 24.3 Å². The molecule has 4 aromatic rings. The molecule has 1 amide bonds. The number of thiazole rings is 1. The lowest BCUT2D eigenvalue weighted by molar-refractivity contribution is 0.0690. The molecule has 11 heteroatoms. The normalized spacial score (nSPS) is 15.9. The lowest BCUT2D eigenvalue weighted by Gasteiger charge is -2.15. The molecule has 2 aromatic heterocycles. The van der Waals surface area contributed by atoms with E-state index in [2.05, 4.69) is 4.98 Å². The van der Waals surface area contributed by atoms with Crippen LogP contribution in [0.15, 0.2) is 58.8 Å². The maximum absolute atomic E-state index is 13.2. The summed E-state index contributed by atoms with van der Waals surface area (Å²) in [7, 11) is 0. The first kappa shape index (κ1) is 26.5. The van der Waals surface area contributed by atoms with E-state index in [1.165, 1.54) is 16.7 Å². The van der Waals surface area contributed by atoms with Crippen LogP contribution in [0.4, 0.5) is 0 Å². The Bertz CT molecular complexity index is 1600. The lowest BCUT2D eigenvalue weighted by atomic mass is 9.96. The average Bonchev–Trinajstić information content (AvgIpc) is 3.33. The third kappa shape index (κ3) is 5.49. The molecule has 3 heterocycles. The van der Waals surface area contributed by atoms with Crippen LogP contribution in [0.1, 0.15) is 63.4 Å². The molecule has 0 bridgehead atoms.